The van der Waals surface area contributed by atoms with E-state index in [1.54, 1.807) is 24.3 Å². The first kappa shape index (κ1) is 22.6. The molecule has 0 N–H and O–H groups in total. The van der Waals surface area contributed by atoms with Gasteiger partial charge in [0.25, 0.3) is 5.91 Å². The number of hydrogen-bond donors (Lipinski definition) is 0. The Morgan fingerprint density at radius 3 is 2.06 bits per heavy atom. The van der Waals surface area contributed by atoms with Gasteiger partial charge < -0.3 is 9.08 Å². The number of rotatable bonds is 9. The summed E-state index contributed by atoms with van der Waals surface area (Å²) in [5.74, 6) is 0.235. The molecular weight excluding hydrogens is 410 g/mol. The van der Waals surface area contributed by atoms with E-state index >= 15 is 0 Å². The lowest BCUT2D eigenvalue weighted by Crippen LogP contribution is -2.31. The molecule has 0 fully saturated rings. The molecule has 162 valence electrons. The second kappa shape index (κ2) is 10.3. The van der Waals surface area contributed by atoms with Crippen LogP contribution < -0.4 is 4.18 Å². The number of nitrogens with zero attached hydrogens (tertiary/aromatic N) is 1. The quantitative estimate of drug-likeness (QED) is 0.435. The fourth-order valence-electron chi connectivity index (χ4n) is 3.27. The molecule has 0 spiro atoms. The summed E-state index contributed by atoms with van der Waals surface area (Å²) in [5, 5.41) is 0. The summed E-state index contributed by atoms with van der Waals surface area (Å²) in [6.45, 7) is 3.18. The third-order valence-electron chi connectivity index (χ3n) is 4.85. The molecule has 0 aliphatic heterocycles. The average Bonchev–Trinajstić information content (AvgIpc) is 2.77. The Morgan fingerprint density at radius 1 is 0.871 bits per heavy atom. The predicted molar refractivity (Wildman–Crippen MR) is 123 cm³/mol. The normalized spacial score (nSPS) is 11.2. The highest BCUT2D eigenvalue weighted by Gasteiger charge is 2.16. The Labute approximate surface area is 184 Å². The molecule has 3 aromatic carbocycles. The van der Waals surface area contributed by atoms with Gasteiger partial charge in [-0.05, 0) is 47.4 Å². The van der Waals surface area contributed by atoms with Crippen LogP contribution in [0.4, 0.5) is 0 Å². The molecule has 0 saturated heterocycles. The summed E-state index contributed by atoms with van der Waals surface area (Å²) in [7, 11) is -3.56. The van der Waals surface area contributed by atoms with Crippen LogP contribution >= 0.6 is 0 Å². The van der Waals surface area contributed by atoms with E-state index in [4.69, 9.17) is 4.18 Å². The van der Waals surface area contributed by atoms with Crippen molar-refractivity contribution in [3.63, 3.8) is 0 Å². The highest BCUT2D eigenvalue weighted by atomic mass is 32.2. The van der Waals surface area contributed by atoms with Gasteiger partial charge in [-0.1, -0.05) is 67.9 Å². The van der Waals surface area contributed by atoms with Crippen LogP contribution in [0.1, 0.15) is 35.7 Å². The molecule has 1 amide bonds. The highest BCUT2D eigenvalue weighted by molar-refractivity contribution is 7.86. The summed E-state index contributed by atoms with van der Waals surface area (Å²) in [6, 6.07) is 24.5. The van der Waals surface area contributed by atoms with E-state index in [-0.39, 0.29) is 11.7 Å². The van der Waals surface area contributed by atoms with Crippen LogP contribution in [-0.2, 0) is 16.7 Å². The van der Waals surface area contributed by atoms with Gasteiger partial charge in [0.2, 0.25) is 0 Å². The van der Waals surface area contributed by atoms with Gasteiger partial charge in [0.1, 0.15) is 5.75 Å². The first-order chi connectivity index (χ1) is 14.9. The molecule has 0 radical (unpaired) electrons. The largest absolute Gasteiger partial charge is 0.383 e. The van der Waals surface area contributed by atoms with Crippen LogP contribution in [0.5, 0.6) is 5.75 Å². The number of unbranched alkanes of at least 4 members (excludes halogenated alkanes) is 1. The van der Waals surface area contributed by atoms with Gasteiger partial charge in [-0.15, -0.1) is 0 Å². The van der Waals surface area contributed by atoms with Gasteiger partial charge in [-0.2, -0.15) is 8.42 Å². The number of hydrogen-bond acceptors (Lipinski definition) is 4. The van der Waals surface area contributed by atoms with Crippen molar-refractivity contribution in [2.45, 2.75) is 26.3 Å². The van der Waals surface area contributed by atoms with Crippen molar-refractivity contribution in [1.29, 1.82) is 0 Å². The maximum atomic E-state index is 13.2. The molecule has 0 aromatic heterocycles. The van der Waals surface area contributed by atoms with E-state index in [1.807, 2.05) is 59.5 Å². The third kappa shape index (κ3) is 6.69. The summed E-state index contributed by atoms with van der Waals surface area (Å²) >= 11 is 0. The van der Waals surface area contributed by atoms with E-state index in [2.05, 4.69) is 6.92 Å². The summed E-state index contributed by atoms with van der Waals surface area (Å²) < 4.78 is 27.4. The summed E-state index contributed by atoms with van der Waals surface area (Å²) in [4.78, 5) is 15.0. The Balaban J connectivity index is 1.74. The Bertz CT molecular complexity index is 1090. The zero-order valence-corrected chi connectivity index (χ0v) is 18.6. The van der Waals surface area contributed by atoms with Crippen molar-refractivity contribution in [2.75, 3.05) is 12.8 Å². The second-order valence-electron chi connectivity index (χ2n) is 7.46. The molecule has 0 atom stereocenters. The standard InChI is InChI=1S/C25H27NO4S/c1-3-4-18-26(19-20-10-16-24(17-11-20)30-31(2,28)29)25(27)23-14-12-22(13-15-23)21-8-6-5-7-9-21/h5-17H,3-4,18-19H2,1-2H3. The molecule has 0 aliphatic rings. The molecule has 31 heavy (non-hydrogen) atoms. The number of carbonyl (C=O) groups is 1. The van der Waals surface area contributed by atoms with Crippen LogP contribution in [0.2, 0.25) is 0 Å². The van der Waals surface area contributed by atoms with Crippen LogP contribution in [0.15, 0.2) is 78.9 Å². The topological polar surface area (TPSA) is 63.7 Å². The molecule has 3 aromatic rings. The van der Waals surface area contributed by atoms with Crippen LogP contribution in [0, 0.1) is 0 Å². The van der Waals surface area contributed by atoms with E-state index in [0.717, 1.165) is 35.8 Å². The van der Waals surface area contributed by atoms with Crippen molar-refractivity contribution in [3.8, 4) is 16.9 Å². The van der Waals surface area contributed by atoms with Crippen LogP contribution in [0.3, 0.4) is 0 Å². The molecule has 0 saturated carbocycles. The fourth-order valence-corrected chi connectivity index (χ4v) is 3.73. The molecule has 0 heterocycles. The lowest BCUT2D eigenvalue weighted by atomic mass is 10.0. The minimum absolute atomic E-state index is 0.0236. The minimum atomic E-state index is -3.56. The van der Waals surface area contributed by atoms with Crippen LogP contribution in [0.25, 0.3) is 11.1 Å². The maximum Gasteiger partial charge on any atom is 0.306 e. The first-order valence-corrected chi connectivity index (χ1v) is 12.1. The Morgan fingerprint density at radius 2 is 1.48 bits per heavy atom. The number of carbonyl (C=O) groups excluding carboxylic acids is 1. The third-order valence-corrected chi connectivity index (χ3v) is 5.35. The van der Waals surface area contributed by atoms with E-state index in [9.17, 15) is 13.2 Å². The summed E-state index contributed by atoms with van der Waals surface area (Å²) in [5.41, 5.74) is 3.73. The fraction of sp³-hybridized carbons (Fsp3) is 0.240. The second-order valence-corrected chi connectivity index (χ2v) is 9.03. The molecular formula is C25H27NO4S. The molecule has 3 rings (SSSR count). The monoisotopic (exact) mass is 437 g/mol. The van der Waals surface area contributed by atoms with Gasteiger partial charge in [-0.25, -0.2) is 0 Å². The van der Waals surface area contributed by atoms with Gasteiger partial charge in [0, 0.05) is 18.7 Å². The van der Waals surface area contributed by atoms with Crippen LogP contribution in [-0.4, -0.2) is 32.0 Å². The Hall–Kier alpha value is -3.12. The number of benzene rings is 3. The SMILES string of the molecule is CCCCN(Cc1ccc(OS(C)(=O)=O)cc1)C(=O)c1ccc(-c2ccccc2)cc1. The van der Waals surface area contributed by atoms with Gasteiger partial charge in [0.05, 0.1) is 6.26 Å². The molecule has 0 bridgehead atoms. The molecule has 0 aliphatic carbocycles. The highest BCUT2D eigenvalue weighted by Crippen LogP contribution is 2.21. The molecule has 6 heteroatoms. The van der Waals surface area contributed by atoms with Crippen molar-refractivity contribution < 1.29 is 17.4 Å². The van der Waals surface area contributed by atoms with Gasteiger partial charge >= 0.3 is 10.1 Å². The Kier molecular flexibility index (Phi) is 7.47. The van der Waals surface area contributed by atoms with Crippen molar-refractivity contribution in [3.05, 3.63) is 90.0 Å². The van der Waals surface area contributed by atoms with E-state index in [0.29, 0.717) is 18.7 Å². The van der Waals surface area contributed by atoms with Crippen molar-refractivity contribution in [1.82, 2.24) is 4.90 Å². The lowest BCUT2D eigenvalue weighted by molar-refractivity contribution is 0.0741. The summed E-state index contributed by atoms with van der Waals surface area (Å²) in [6.07, 6.45) is 2.90. The zero-order valence-electron chi connectivity index (χ0n) is 17.8. The van der Waals surface area contributed by atoms with Crippen molar-refractivity contribution in [2.24, 2.45) is 0 Å². The smallest absolute Gasteiger partial charge is 0.306 e. The van der Waals surface area contributed by atoms with Crippen molar-refractivity contribution >= 4 is 16.0 Å². The average molecular weight is 438 g/mol. The minimum Gasteiger partial charge on any atom is -0.383 e. The first-order valence-electron chi connectivity index (χ1n) is 10.3. The molecule has 0 unspecified atom stereocenters. The molecule has 5 nitrogen and oxygen atoms in total. The van der Waals surface area contributed by atoms with E-state index in [1.165, 1.54) is 0 Å². The zero-order chi connectivity index (χ0) is 22.3. The van der Waals surface area contributed by atoms with Gasteiger partial charge in [-0.3, -0.25) is 4.79 Å². The maximum absolute atomic E-state index is 13.2. The lowest BCUT2D eigenvalue weighted by Gasteiger charge is -2.23. The number of amides is 1. The van der Waals surface area contributed by atoms with Gasteiger partial charge in [0.15, 0.2) is 0 Å². The predicted octanol–water partition coefficient (Wildman–Crippen LogP) is 5.13. The van der Waals surface area contributed by atoms with E-state index < -0.39 is 10.1 Å².